The van der Waals surface area contributed by atoms with Crippen molar-refractivity contribution in [2.75, 3.05) is 0 Å². The SMILES string of the molecule is O=C(CC1CCCC(F)(F)C1)c1cccc(Cl)c1Cl. The largest absolute Gasteiger partial charge is 0.294 e. The van der Waals surface area contributed by atoms with Gasteiger partial charge in [-0.1, -0.05) is 29.3 Å². The maximum atomic E-state index is 13.3. The van der Waals surface area contributed by atoms with E-state index in [0.29, 0.717) is 23.4 Å². The molecule has 0 aromatic heterocycles. The number of rotatable bonds is 3. The second-order valence-electron chi connectivity index (χ2n) is 5.05. The summed E-state index contributed by atoms with van der Waals surface area (Å²) in [7, 11) is 0. The van der Waals surface area contributed by atoms with Crippen molar-refractivity contribution in [2.24, 2.45) is 5.92 Å². The Labute approximate surface area is 120 Å². The van der Waals surface area contributed by atoms with E-state index >= 15 is 0 Å². The lowest BCUT2D eigenvalue weighted by atomic mass is 9.82. The molecule has 0 amide bonds. The summed E-state index contributed by atoms with van der Waals surface area (Å²) in [5.74, 6) is -3.12. The maximum absolute atomic E-state index is 13.3. The summed E-state index contributed by atoms with van der Waals surface area (Å²) in [6.07, 6.45) is 0.954. The third kappa shape index (κ3) is 3.67. The lowest BCUT2D eigenvalue weighted by Gasteiger charge is -2.28. The molecule has 0 radical (unpaired) electrons. The van der Waals surface area contributed by atoms with Crippen LogP contribution in [0.15, 0.2) is 18.2 Å². The Balaban J connectivity index is 2.07. The lowest BCUT2D eigenvalue weighted by molar-refractivity contribution is -0.0521. The van der Waals surface area contributed by atoms with Gasteiger partial charge in [0.2, 0.25) is 5.92 Å². The number of hydrogen-bond donors (Lipinski definition) is 0. The summed E-state index contributed by atoms with van der Waals surface area (Å²) in [4.78, 5) is 12.1. The Hall–Kier alpha value is -0.670. The molecule has 1 aliphatic rings. The number of halogens is 4. The van der Waals surface area contributed by atoms with Gasteiger partial charge in [-0.3, -0.25) is 4.79 Å². The molecule has 104 valence electrons. The van der Waals surface area contributed by atoms with E-state index in [-0.39, 0.29) is 36.0 Å². The molecule has 1 nitrogen and oxygen atoms in total. The van der Waals surface area contributed by atoms with Crippen molar-refractivity contribution in [3.05, 3.63) is 33.8 Å². The minimum Gasteiger partial charge on any atom is -0.294 e. The molecule has 0 saturated heterocycles. The van der Waals surface area contributed by atoms with E-state index in [1.165, 1.54) is 0 Å². The van der Waals surface area contributed by atoms with Crippen LogP contribution in [0, 0.1) is 5.92 Å². The zero-order valence-corrected chi connectivity index (χ0v) is 11.8. The minimum absolute atomic E-state index is 0.0738. The molecule has 5 heteroatoms. The van der Waals surface area contributed by atoms with Crippen LogP contribution in [0.2, 0.25) is 10.0 Å². The number of carbonyl (C=O) groups excluding carboxylic acids is 1. The van der Waals surface area contributed by atoms with Crippen LogP contribution in [0.5, 0.6) is 0 Å². The smallest absolute Gasteiger partial charge is 0.248 e. The van der Waals surface area contributed by atoms with E-state index < -0.39 is 5.92 Å². The normalized spacial score (nSPS) is 22.2. The fourth-order valence-corrected chi connectivity index (χ4v) is 2.95. The van der Waals surface area contributed by atoms with Crippen LogP contribution in [-0.2, 0) is 0 Å². The van der Waals surface area contributed by atoms with Gasteiger partial charge in [0.05, 0.1) is 10.0 Å². The number of benzene rings is 1. The molecule has 1 aliphatic carbocycles. The van der Waals surface area contributed by atoms with Gasteiger partial charge < -0.3 is 0 Å². The zero-order valence-electron chi connectivity index (χ0n) is 10.3. The standard InChI is InChI=1S/C14H14Cl2F2O/c15-11-5-1-4-10(13(11)16)12(19)7-9-3-2-6-14(17,18)8-9/h1,4-5,9H,2-3,6-8H2. The van der Waals surface area contributed by atoms with Crippen molar-refractivity contribution in [2.45, 2.75) is 38.0 Å². The fourth-order valence-electron chi connectivity index (χ4n) is 2.54. The van der Waals surface area contributed by atoms with Gasteiger partial charge in [0.15, 0.2) is 5.78 Å². The van der Waals surface area contributed by atoms with Crippen LogP contribution in [0.4, 0.5) is 8.78 Å². The first-order valence-corrected chi connectivity index (χ1v) is 7.00. The van der Waals surface area contributed by atoms with E-state index in [2.05, 4.69) is 0 Å². The number of carbonyl (C=O) groups is 1. The predicted octanol–water partition coefficient (Wildman–Crippen LogP) is 5.39. The van der Waals surface area contributed by atoms with Gasteiger partial charge in [0.25, 0.3) is 0 Å². The number of alkyl halides is 2. The molecule has 0 bridgehead atoms. The monoisotopic (exact) mass is 306 g/mol. The third-order valence-corrected chi connectivity index (χ3v) is 4.29. The average molecular weight is 307 g/mol. The third-order valence-electron chi connectivity index (χ3n) is 3.47. The molecule has 19 heavy (non-hydrogen) atoms. The highest BCUT2D eigenvalue weighted by Gasteiger charge is 2.37. The van der Waals surface area contributed by atoms with Crippen molar-refractivity contribution in [3.8, 4) is 0 Å². The first kappa shape index (κ1) is 14.7. The molecular formula is C14H14Cl2F2O. The van der Waals surface area contributed by atoms with Crippen LogP contribution >= 0.6 is 23.2 Å². The Morgan fingerprint density at radius 2 is 2.11 bits per heavy atom. The van der Waals surface area contributed by atoms with Crippen molar-refractivity contribution in [1.82, 2.24) is 0 Å². The summed E-state index contributed by atoms with van der Waals surface area (Å²) in [5, 5.41) is 0.512. The average Bonchev–Trinajstić information content (AvgIpc) is 2.31. The maximum Gasteiger partial charge on any atom is 0.248 e. The van der Waals surface area contributed by atoms with Gasteiger partial charge in [0, 0.05) is 24.8 Å². The predicted molar refractivity (Wildman–Crippen MR) is 72.3 cm³/mol. The van der Waals surface area contributed by atoms with Crippen molar-refractivity contribution in [1.29, 1.82) is 0 Å². The Morgan fingerprint density at radius 3 is 2.79 bits per heavy atom. The molecule has 1 unspecified atom stereocenters. The Kier molecular flexibility index (Phi) is 4.46. The van der Waals surface area contributed by atoms with Gasteiger partial charge in [0.1, 0.15) is 0 Å². The molecule has 0 N–H and O–H groups in total. The van der Waals surface area contributed by atoms with E-state index in [1.54, 1.807) is 18.2 Å². The Morgan fingerprint density at radius 1 is 1.37 bits per heavy atom. The molecule has 1 aromatic carbocycles. The molecule has 1 fully saturated rings. The fraction of sp³-hybridized carbons (Fsp3) is 0.500. The number of Topliss-reactive ketones (excluding diaryl/α,β-unsaturated/α-hetero) is 1. The highest BCUT2D eigenvalue weighted by molar-refractivity contribution is 6.43. The first-order chi connectivity index (χ1) is 8.89. The van der Waals surface area contributed by atoms with Gasteiger partial charge in [-0.05, 0) is 30.9 Å². The first-order valence-electron chi connectivity index (χ1n) is 6.24. The quantitative estimate of drug-likeness (QED) is 0.684. The van der Waals surface area contributed by atoms with Crippen LogP contribution in [0.3, 0.4) is 0 Å². The summed E-state index contributed by atoms with van der Waals surface area (Å²) < 4.78 is 26.6. The highest BCUT2D eigenvalue weighted by atomic mass is 35.5. The summed E-state index contributed by atoms with van der Waals surface area (Å²) in [6, 6.07) is 4.81. The van der Waals surface area contributed by atoms with E-state index in [4.69, 9.17) is 23.2 Å². The molecule has 1 aromatic rings. The van der Waals surface area contributed by atoms with Crippen molar-refractivity contribution >= 4 is 29.0 Å². The van der Waals surface area contributed by atoms with Crippen LogP contribution in [0.1, 0.15) is 42.5 Å². The molecule has 0 heterocycles. The van der Waals surface area contributed by atoms with Crippen molar-refractivity contribution < 1.29 is 13.6 Å². The topological polar surface area (TPSA) is 17.1 Å². The molecule has 1 saturated carbocycles. The van der Waals surface area contributed by atoms with Gasteiger partial charge in [-0.2, -0.15) is 0 Å². The zero-order chi connectivity index (χ0) is 14.0. The van der Waals surface area contributed by atoms with Crippen LogP contribution < -0.4 is 0 Å². The minimum atomic E-state index is -2.64. The second kappa shape index (κ2) is 5.76. The van der Waals surface area contributed by atoms with E-state index in [0.717, 1.165) is 0 Å². The van der Waals surface area contributed by atoms with E-state index in [1.807, 2.05) is 0 Å². The lowest BCUT2D eigenvalue weighted by Crippen LogP contribution is -2.27. The van der Waals surface area contributed by atoms with Gasteiger partial charge in [-0.25, -0.2) is 8.78 Å². The molecule has 0 aliphatic heterocycles. The van der Waals surface area contributed by atoms with Crippen molar-refractivity contribution in [3.63, 3.8) is 0 Å². The summed E-state index contributed by atoms with van der Waals surface area (Å²) in [6.45, 7) is 0. The van der Waals surface area contributed by atoms with Crippen LogP contribution in [-0.4, -0.2) is 11.7 Å². The highest BCUT2D eigenvalue weighted by Crippen LogP contribution is 2.39. The van der Waals surface area contributed by atoms with Gasteiger partial charge in [-0.15, -0.1) is 0 Å². The molecule has 1 atom stereocenters. The second-order valence-corrected chi connectivity index (χ2v) is 5.83. The summed E-state index contributed by atoms with van der Waals surface area (Å²) in [5.41, 5.74) is 0.322. The van der Waals surface area contributed by atoms with E-state index in [9.17, 15) is 13.6 Å². The Bertz CT molecular complexity index is 488. The molecular weight excluding hydrogens is 293 g/mol. The number of ketones is 1. The molecule has 2 rings (SSSR count). The van der Waals surface area contributed by atoms with Gasteiger partial charge >= 0.3 is 0 Å². The number of hydrogen-bond acceptors (Lipinski definition) is 1. The van der Waals surface area contributed by atoms with Crippen LogP contribution in [0.25, 0.3) is 0 Å². The summed E-state index contributed by atoms with van der Waals surface area (Å²) >= 11 is 11.8. The molecule has 0 spiro atoms.